The van der Waals surface area contributed by atoms with E-state index in [2.05, 4.69) is 59.1 Å². The van der Waals surface area contributed by atoms with Crippen molar-refractivity contribution >= 4 is 39.7 Å². The first-order valence-corrected chi connectivity index (χ1v) is 6.68. The van der Waals surface area contributed by atoms with E-state index in [-0.39, 0.29) is 0 Å². The summed E-state index contributed by atoms with van der Waals surface area (Å²) in [7, 11) is 0. The molecule has 2 rings (SSSR count). The van der Waals surface area contributed by atoms with E-state index < -0.39 is 0 Å². The molecule has 0 aromatic heterocycles. The standard InChI is InChI=1S/C14H15IN2/c1-2-10-3-6-12(7-4-10)17-14-8-5-11(15)9-13(14)16/h3-9,17H,2,16H2,1H3. The molecule has 0 aliphatic rings. The number of benzene rings is 2. The van der Waals surface area contributed by atoms with Gasteiger partial charge < -0.3 is 11.1 Å². The monoisotopic (exact) mass is 338 g/mol. The molecule has 0 fully saturated rings. The number of nitrogen functional groups attached to an aromatic ring is 1. The quantitative estimate of drug-likeness (QED) is 0.651. The fourth-order valence-corrected chi connectivity index (χ4v) is 2.14. The van der Waals surface area contributed by atoms with Crippen LogP contribution in [0.1, 0.15) is 12.5 Å². The van der Waals surface area contributed by atoms with Crippen molar-refractivity contribution in [2.75, 3.05) is 11.1 Å². The van der Waals surface area contributed by atoms with Gasteiger partial charge in [0, 0.05) is 9.26 Å². The third-order valence-corrected chi connectivity index (χ3v) is 3.33. The summed E-state index contributed by atoms with van der Waals surface area (Å²) in [6, 6.07) is 14.4. The summed E-state index contributed by atoms with van der Waals surface area (Å²) in [4.78, 5) is 0. The van der Waals surface area contributed by atoms with Gasteiger partial charge in [0.25, 0.3) is 0 Å². The number of nitrogens with one attached hydrogen (secondary N) is 1. The van der Waals surface area contributed by atoms with Gasteiger partial charge in [0.2, 0.25) is 0 Å². The van der Waals surface area contributed by atoms with E-state index in [9.17, 15) is 0 Å². The van der Waals surface area contributed by atoms with E-state index in [4.69, 9.17) is 5.73 Å². The molecule has 0 heterocycles. The second kappa shape index (κ2) is 5.40. The minimum atomic E-state index is 0.775. The topological polar surface area (TPSA) is 38.0 Å². The Morgan fingerprint density at radius 1 is 1.12 bits per heavy atom. The summed E-state index contributed by atoms with van der Waals surface area (Å²) in [5.74, 6) is 0. The number of anilines is 3. The van der Waals surface area contributed by atoms with Crippen LogP contribution in [0.2, 0.25) is 0 Å². The summed E-state index contributed by atoms with van der Waals surface area (Å²) >= 11 is 2.25. The Kier molecular flexibility index (Phi) is 3.89. The van der Waals surface area contributed by atoms with Gasteiger partial charge in [-0.2, -0.15) is 0 Å². The highest BCUT2D eigenvalue weighted by molar-refractivity contribution is 14.1. The lowest BCUT2D eigenvalue weighted by molar-refractivity contribution is 1.14. The molecule has 0 unspecified atom stereocenters. The molecule has 0 saturated heterocycles. The van der Waals surface area contributed by atoms with Crippen molar-refractivity contribution in [1.82, 2.24) is 0 Å². The number of rotatable bonds is 3. The number of hydrogen-bond acceptors (Lipinski definition) is 2. The zero-order chi connectivity index (χ0) is 12.3. The van der Waals surface area contributed by atoms with Gasteiger partial charge in [0.1, 0.15) is 0 Å². The Morgan fingerprint density at radius 2 is 1.82 bits per heavy atom. The lowest BCUT2D eigenvalue weighted by atomic mass is 10.1. The Hall–Kier alpha value is -1.23. The van der Waals surface area contributed by atoms with Crippen LogP contribution < -0.4 is 11.1 Å². The Morgan fingerprint density at radius 3 is 2.41 bits per heavy atom. The van der Waals surface area contributed by atoms with Crippen LogP contribution in [0.15, 0.2) is 42.5 Å². The van der Waals surface area contributed by atoms with Gasteiger partial charge in [-0.25, -0.2) is 0 Å². The Labute approximate surface area is 115 Å². The first-order chi connectivity index (χ1) is 8.19. The average molecular weight is 338 g/mol. The molecule has 0 spiro atoms. The highest BCUT2D eigenvalue weighted by Crippen LogP contribution is 2.25. The van der Waals surface area contributed by atoms with Crippen molar-refractivity contribution in [2.24, 2.45) is 0 Å². The number of aryl methyl sites for hydroxylation is 1. The van der Waals surface area contributed by atoms with E-state index in [1.54, 1.807) is 0 Å². The Balaban J connectivity index is 2.19. The van der Waals surface area contributed by atoms with Crippen LogP contribution in [-0.2, 0) is 6.42 Å². The molecule has 17 heavy (non-hydrogen) atoms. The van der Waals surface area contributed by atoms with Crippen LogP contribution in [0.3, 0.4) is 0 Å². The van der Waals surface area contributed by atoms with Gasteiger partial charge in [-0.15, -0.1) is 0 Å². The van der Waals surface area contributed by atoms with Crippen LogP contribution in [0.25, 0.3) is 0 Å². The summed E-state index contributed by atoms with van der Waals surface area (Å²) in [5.41, 5.74) is 10.1. The zero-order valence-electron chi connectivity index (χ0n) is 9.70. The highest BCUT2D eigenvalue weighted by atomic mass is 127. The first-order valence-electron chi connectivity index (χ1n) is 5.60. The van der Waals surface area contributed by atoms with Gasteiger partial charge in [-0.1, -0.05) is 19.1 Å². The van der Waals surface area contributed by atoms with Gasteiger partial charge in [-0.3, -0.25) is 0 Å². The van der Waals surface area contributed by atoms with Crippen LogP contribution in [-0.4, -0.2) is 0 Å². The second-order valence-electron chi connectivity index (χ2n) is 3.91. The summed E-state index contributed by atoms with van der Waals surface area (Å²) < 4.78 is 1.15. The summed E-state index contributed by atoms with van der Waals surface area (Å²) in [6.45, 7) is 2.15. The third-order valence-electron chi connectivity index (χ3n) is 2.65. The van der Waals surface area contributed by atoms with Crippen LogP contribution in [0.5, 0.6) is 0 Å². The molecule has 0 aliphatic carbocycles. The SMILES string of the molecule is CCc1ccc(Nc2ccc(I)cc2N)cc1. The maximum atomic E-state index is 5.96. The molecule has 0 amide bonds. The molecule has 0 bridgehead atoms. The smallest absolute Gasteiger partial charge is 0.0618 e. The first kappa shape index (κ1) is 12.2. The molecular weight excluding hydrogens is 323 g/mol. The van der Waals surface area contributed by atoms with Crippen molar-refractivity contribution < 1.29 is 0 Å². The molecule has 3 N–H and O–H groups in total. The number of halogens is 1. The van der Waals surface area contributed by atoms with Crippen LogP contribution in [0, 0.1) is 3.57 Å². The lowest BCUT2D eigenvalue weighted by Crippen LogP contribution is -1.96. The van der Waals surface area contributed by atoms with Gasteiger partial charge in [-0.05, 0) is 64.9 Å². The minimum absolute atomic E-state index is 0.775. The molecule has 88 valence electrons. The second-order valence-corrected chi connectivity index (χ2v) is 5.15. The van der Waals surface area contributed by atoms with Gasteiger partial charge >= 0.3 is 0 Å². The fraction of sp³-hybridized carbons (Fsp3) is 0.143. The minimum Gasteiger partial charge on any atom is -0.397 e. The van der Waals surface area contributed by atoms with E-state index in [0.717, 1.165) is 27.1 Å². The van der Waals surface area contributed by atoms with E-state index in [0.29, 0.717) is 0 Å². The molecule has 2 aromatic rings. The third kappa shape index (κ3) is 3.12. The van der Waals surface area contributed by atoms with Crippen molar-refractivity contribution in [3.05, 3.63) is 51.6 Å². The Bertz CT molecular complexity index is 506. The van der Waals surface area contributed by atoms with Gasteiger partial charge in [0.15, 0.2) is 0 Å². The molecule has 0 atom stereocenters. The largest absolute Gasteiger partial charge is 0.397 e. The maximum Gasteiger partial charge on any atom is 0.0618 e. The number of hydrogen-bond donors (Lipinski definition) is 2. The van der Waals surface area contributed by atoms with Crippen LogP contribution in [0.4, 0.5) is 17.1 Å². The zero-order valence-corrected chi connectivity index (χ0v) is 11.9. The summed E-state index contributed by atoms with van der Waals surface area (Å²) in [6.07, 6.45) is 1.06. The van der Waals surface area contributed by atoms with Gasteiger partial charge in [0.05, 0.1) is 11.4 Å². The predicted octanol–water partition coefficient (Wildman–Crippen LogP) is 4.18. The highest BCUT2D eigenvalue weighted by Gasteiger charge is 2.00. The lowest BCUT2D eigenvalue weighted by Gasteiger charge is -2.10. The van der Waals surface area contributed by atoms with Crippen molar-refractivity contribution in [1.29, 1.82) is 0 Å². The van der Waals surface area contributed by atoms with E-state index in [1.807, 2.05) is 18.2 Å². The summed E-state index contributed by atoms with van der Waals surface area (Å²) in [5, 5.41) is 3.32. The maximum absolute atomic E-state index is 5.96. The van der Waals surface area contributed by atoms with Crippen molar-refractivity contribution in [3.8, 4) is 0 Å². The number of nitrogens with two attached hydrogens (primary N) is 1. The van der Waals surface area contributed by atoms with E-state index in [1.165, 1.54) is 5.56 Å². The molecular formula is C14H15IN2. The molecule has 0 radical (unpaired) electrons. The average Bonchev–Trinajstić information content (AvgIpc) is 2.34. The predicted molar refractivity (Wildman–Crippen MR) is 82.7 cm³/mol. The molecule has 0 aliphatic heterocycles. The fourth-order valence-electron chi connectivity index (χ4n) is 1.63. The normalized spacial score (nSPS) is 10.2. The van der Waals surface area contributed by atoms with Crippen LogP contribution >= 0.6 is 22.6 Å². The van der Waals surface area contributed by atoms with Crippen molar-refractivity contribution in [2.45, 2.75) is 13.3 Å². The van der Waals surface area contributed by atoms with Crippen molar-refractivity contribution in [3.63, 3.8) is 0 Å². The van der Waals surface area contributed by atoms with E-state index >= 15 is 0 Å². The molecule has 2 nitrogen and oxygen atoms in total. The molecule has 0 saturated carbocycles. The molecule has 2 aromatic carbocycles. The molecule has 3 heteroatoms.